The van der Waals surface area contributed by atoms with Crippen molar-refractivity contribution < 1.29 is 9.13 Å². The summed E-state index contributed by atoms with van der Waals surface area (Å²) in [6.07, 6.45) is 0. The van der Waals surface area contributed by atoms with Crippen LogP contribution in [0, 0.1) is 5.82 Å². The monoisotopic (exact) mass is 247 g/mol. The van der Waals surface area contributed by atoms with Crippen LogP contribution in [0.15, 0.2) is 22.7 Å². The highest BCUT2D eigenvalue weighted by Crippen LogP contribution is 2.25. The quantitative estimate of drug-likeness (QED) is 0.890. The second kappa shape index (κ2) is 4.58. The first-order valence-corrected chi connectivity index (χ1v) is 4.72. The third-order valence-corrected chi connectivity index (χ3v) is 2.02. The topological polar surface area (TPSA) is 35.2 Å². The van der Waals surface area contributed by atoms with Gasteiger partial charge < -0.3 is 10.5 Å². The summed E-state index contributed by atoms with van der Waals surface area (Å²) in [6, 6.07) is 4.25. The van der Waals surface area contributed by atoms with E-state index in [1.54, 1.807) is 6.07 Å². The van der Waals surface area contributed by atoms with E-state index >= 15 is 0 Å². The van der Waals surface area contributed by atoms with Crippen molar-refractivity contribution in [2.75, 3.05) is 6.61 Å². The molecule has 0 aliphatic rings. The number of rotatable bonds is 3. The van der Waals surface area contributed by atoms with Crippen LogP contribution in [0.5, 0.6) is 5.75 Å². The summed E-state index contributed by atoms with van der Waals surface area (Å²) in [6.45, 7) is 2.27. The summed E-state index contributed by atoms with van der Waals surface area (Å²) in [7, 11) is 0. The second-order valence-electron chi connectivity index (χ2n) is 2.86. The molecule has 0 radical (unpaired) electrons. The van der Waals surface area contributed by atoms with Crippen LogP contribution in [-0.4, -0.2) is 12.6 Å². The molecule has 0 fully saturated rings. The largest absolute Gasteiger partial charge is 0.491 e. The van der Waals surface area contributed by atoms with Crippen molar-refractivity contribution in [3.05, 3.63) is 28.5 Å². The van der Waals surface area contributed by atoms with Gasteiger partial charge in [-0.3, -0.25) is 0 Å². The Morgan fingerprint density at radius 1 is 1.62 bits per heavy atom. The Morgan fingerprint density at radius 2 is 2.31 bits per heavy atom. The number of benzene rings is 1. The lowest BCUT2D eigenvalue weighted by atomic mass is 10.3. The summed E-state index contributed by atoms with van der Waals surface area (Å²) in [5, 5.41) is 0. The molecule has 0 aromatic heterocycles. The summed E-state index contributed by atoms with van der Waals surface area (Å²) < 4.78 is 18.6. The Kier molecular flexibility index (Phi) is 3.69. The third-order valence-electron chi connectivity index (χ3n) is 1.40. The van der Waals surface area contributed by atoms with Crippen LogP contribution in [0.25, 0.3) is 0 Å². The fourth-order valence-electron chi connectivity index (χ4n) is 0.813. The fraction of sp³-hybridized carbons (Fsp3) is 0.333. The normalized spacial score (nSPS) is 12.6. The van der Waals surface area contributed by atoms with Crippen molar-refractivity contribution in [2.24, 2.45) is 5.73 Å². The van der Waals surface area contributed by atoms with E-state index in [-0.39, 0.29) is 11.9 Å². The highest BCUT2D eigenvalue weighted by molar-refractivity contribution is 9.10. The van der Waals surface area contributed by atoms with Crippen LogP contribution < -0.4 is 10.5 Å². The van der Waals surface area contributed by atoms with Crippen LogP contribution in [-0.2, 0) is 0 Å². The Hall–Kier alpha value is -0.610. The van der Waals surface area contributed by atoms with E-state index < -0.39 is 0 Å². The van der Waals surface area contributed by atoms with Gasteiger partial charge in [-0.05, 0) is 41.1 Å². The predicted molar refractivity (Wildman–Crippen MR) is 53.2 cm³/mol. The SMILES string of the molecule is CC(N)COc1ccc(F)cc1Br. The van der Waals surface area contributed by atoms with Crippen molar-refractivity contribution >= 4 is 15.9 Å². The zero-order valence-electron chi connectivity index (χ0n) is 7.26. The zero-order valence-corrected chi connectivity index (χ0v) is 8.84. The van der Waals surface area contributed by atoms with E-state index in [0.717, 1.165) is 0 Å². The number of nitrogens with two attached hydrogens (primary N) is 1. The lowest BCUT2D eigenvalue weighted by molar-refractivity contribution is 0.294. The molecule has 1 rings (SSSR count). The van der Waals surface area contributed by atoms with Crippen molar-refractivity contribution in [3.8, 4) is 5.75 Å². The maximum atomic E-state index is 12.6. The molecule has 0 aliphatic carbocycles. The minimum absolute atomic E-state index is 0.0306. The molecule has 0 saturated heterocycles. The first kappa shape index (κ1) is 10.5. The Labute approximate surface area is 85.0 Å². The number of hydrogen-bond donors (Lipinski definition) is 1. The molecular formula is C9H11BrFNO. The first-order valence-electron chi connectivity index (χ1n) is 3.93. The molecule has 72 valence electrons. The van der Waals surface area contributed by atoms with Crippen LogP contribution in [0.1, 0.15) is 6.92 Å². The van der Waals surface area contributed by atoms with E-state index in [4.69, 9.17) is 10.5 Å². The maximum Gasteiger partial charge on any atom is 0.133 e. The van der Waals surface area contributed by atoms with Crippen molar-refractivity contribution in [3.63, 3.8) is 0 Å². The van der Waals surface area contributed by atoms with Crippen LogP contribution >= 0.6 is 15.9 Å². The molecule has 0 amide bonds. The van der Waals surface area contributed by atoms with Crippen LogP contribution in [0.3, 0.4) is 0 Å². The molecule has 1 aromatic rings. The van der Waals surface area contributed by atoms with Crippen molar-refractivity contribution in [1.29, 1.82) is 0 Å². The van der Waals surface area contributed by atoms with Gasteiger partial charge in [0.05, 0.1) is 4.47 Å². The number of halogens is 2. The van der Waals surface area contributed by atoms with E-state index in [0.29, 0.717) is 16.8 Å². The van der Waals surface area contributed by atoms with Crippen LogP contribution in [0.4, 0.5) is 4.39 Å². The minimum atomic E-state index is -0.292. The Bertz CT molecular complexity index is 291. The van der Waals surface area contributed by atoms with Gasteiger partial charge in [0.15, 0.2) is 0 Å². The summed E-state index contributed by atoms with van der Waals surface area (Å²) >= 11 is 3.19. The average molecular weight is 248 g/mol. The smallest absolute Gasteiger partial charge is 0.133 e. The molecule has 13 heavy (non-hydrogen) atoms. The van der Waals surface area contributed by atoms with Gasteiger partial charge in [0, 0.05) is 6.04 Å². The molecule has 0 spiro atoms. The van der Waals surface area contributed by atoms with Gasteiger partial charge >= 0.3 is 0 Å². The molecule has 0 saturated carbocycles. The van der Waals surface area contributed by atoms with Gasteiger partial charge in [-0.15, -0.1) is 0 Å². The maximum absolute atomic E-state index is 12.6. The van der Waals surface area contributed by atoms with Gasteiger partial charge in [-0.25, -0.2) is 4.39 Å². The van der Waals surface area contributed by atoms with E-state index in [9.17, 15) is 4.39 Å². The lowest BCUT2D eigenvalue weighted by Gasteiger charge is -2.09. The molecule has 0 aliphatic heterocycles. The van der Waals surface area contributed by atoms with Gasteiger partial charge in [-0.2, -0.15) is 0 Å². The molecule has 2 nitrogen and oxygen atoms in total. The standard InChI is InChI=1S/C9H11BrFNO/c1-6(12)5-13-9-3-2-7(11)4-8(9)10/h2-4,6H,5,12H2,1H3. The minimum Gasteiger partial charge on any atom is -0.491 e. The van der Waals surface area contributed by atoms with Gasteiger partial charge in [0.2, 0.25) is 0 Å². The highest BCUT2D eigenvalue weighted by Gasteiger charge is 2.03. The molecule has 0 heterocycles. The van der Waals surface area contributed by atoms with Gasteiger partial charge in [0.25, 0.3) is 0 Å². The lowest BCUT2D eigenvalue weighted by Crippen LogP contribution is -2.23. The van der Waals surface area contributed by atoms with Crippen molar-refractivity contribution in [1.82, 2.24) is 0 Å². The van der Waals surface area contributed by atoms with E-state index in [1.807, 2.05) is 6.92 Å². The number of ether oxygens (including phenoxy) is 1. The Balaban J connectivity index is 2.67. The third kappa shape index (κ3) is 3.32. The van der Waals surface area contributed by atoms with Crippen molar-refractivity contribution in [2.45, 2.75) is 13.0 Å². The van der Waals surface area contributed by atoms with Gasteiger partial charge in [0.1, 0.15) is 18.2 Å². The van der Waals surface area contributed by atoms with Gasteiger partial charge in [-0.1, -0.05) is 0 Å². The fourth-order valence-corrected chi connectivity index (χ4v) is 1.28. The molecule has 1 unspecified atom stereocenters. The highest BCUT2D eigenvalue weighted by atomic mass is 79.9. The first-order chi connectivity index (χ1) is 6.09. The summed E-state index contributed by atoms with van der Waals surface area (Å²) in [5.41, 5.74) is 5.51. The summed E-state index contributed by atoms with van der Waals surface area (Å²) in [4.78, 5) is 0. The Morgan fingerprint density at radius 3 is 2.85 bits per heavy atom. The average Bonchev–Trinajstić information content (AvgIpc) is 2.02. The van der Waals surface area contributed by atoms with E-state index in [2.05, 4.69) is 15.9 Å². The molecular weight excluding hydrogens is 237 g/mol. The molecule has 0 bridgehead atoms. The van der Waals surface area contributed by atoms with E-state index in [1.165, 1.54) is 12.1 Å². The molecule has 1 aromatic carbocycles. The predicted octanol–water partition coefficient (Wildman–Crippen LogP) is 2.31. The summed E-state index contributed by atoms with van der Waals surface area (Å²) in [5.74, 6) is 0.318. The number of hydrogen-bond acceptors (Lipinski definition) is 2. The molecule has 4 heteroatoms. The molecule has 2 N–H and O–H groups in total. The van der Waals surface area contributed by atoms with Crippen LogP contribution in [0.2, 0.25) is 0 Å². The second-order valence-corrected chi connectivity index (χ2v) is 3.72. The molecule has 1 atom stereocenters. The zero-order chi connectivity index (χ0) is 9.84.